The predicted octanol–water partition coefficient (Wildman–Crippen LogP) is 3.47. The minimum absolute atomic E-state index is 0.362. The fraction of sp³-hybridized carbons (Fsp3) is 0.118. The van der Waals surface area contributed by atoms with E-state index in [4.69, 9.17) is 0 Å². The number of aromatic amines is 1. The molecule has 4 heterocycles. The van der Waals surface area contributed by atoms with E-state index in [1.165, 1.54) is 12.3 Å². The molecule has 4 aromatic rings. The third kappa shape index (κ3) is 2.19. The molecule has 0 aliphatic rings. The Hall–Kier alpha value is -3.02. The number of hydrogen-bond acceptors (Lipinski definition) is 3. The van der Waals surface area contributed by atoms with Gasteiger partial charge in [0.05, 0.1) is 11.9 Å². The van der Waals surface area contributed by atoms with E-state index in [1.807, 2.05) is 32.4 Å². The lowest BCUT2D eigenvalue weighted by molar-refractivity contribution is 0.621. The molecule has 0 fully saturated rings. The van der Waals surface area contributed by atoms with E-state index in [2.05, 4.69) is 20.1 Å². The molecule has 4 rings (SSSR count). The first-order chi connectivity index (χ1) is 11.1. The molecule has 0 bridgehead atoms. The van der Waals surface area contributed by atoms with E-state index < -0.39 is 0 Å². The Morgan fingerprint density at radius 3 is 2.78 bits per heavy atom. The molecule has 0 aliphatic heterocycles. The smallest absolute Gasteiger partial charge is 0.141 e. The van der Waals surface area contributed by atoms with Crippen molar-refractivity contribution in [1.82, 2.24) is 24.7 Å². The molecule has 0 atom stereocenters. The van der Waals surface area contributed by atoms with Gasteiger partial charge in [-0.2, -0.15) is 5.10 Å². The van der Waals surface area contributed by atoms with Crippen LogP contribution in [0, 0.1) is 12.7 Å². The van der Waals surface area contributed by atoms with Gasteiger partial charge in [-0.1, -0.05) is 0 Å². The highest BCUT2D eigenvalue weighted by molar-refractivity contribution is 5.98. The normalized spacial score (nSPS) is 11.3. The number of fused-ring (bicyclic) bond motifs is 1. The molecule has 4 aromatic heterocycles. The number of hydrogen-bond donors (Lipinski definition) is 1. The number of H-pyrrole nitrogens is 1. The van der Waals surface area contributed by atoms with Crippen LogP contribution in [0.5, 0.6) is 0 Å². The number of aromatic nitrogens is 5. The summed E-state index contributed by atoms with van der Waals surface area (Å²) in [6.07, 6.45) is 6.86. The maximum Gasteiger partial charge on any atom is 0.141 e. The number of rotatable bonds is 2. The molecule has 0 saturated carbocycles. The molecule has 114 valence electrons. The van der Waals surface area contributed by atoms with Crippen LogP contribution in [0.4, 0.5) is 4.39 Å². The van der Waals surface area contributed by atoms with E-state index in [1.54, 1.807) is 16.9 Å². The zero-order chi connectivity index (χ0) is 16.0. The second-order valence-corrected chi connectivity index (χ2v) is 5.48. The van der Waals surface area contributed by atoms with Crippen molar-refractivity contribution in [2.45, 2.75) is 6.92 Å². The summed E-state index contributed by atoms with van der Waals surface area (Å²) in [5.74, 6) is -0.362. The van der Waals surface area contributed by atoms with Gasteiger partial charge in [-0.25, -0.2) is 9.37 Å². The van der Waals surface area contributed by atoms with Crippen LogP contribution in [0.2, 0.25) is 0 Å². The Bertz CT molecular complexity index is 998. The average molecular weight is 307 g/mol. The second-order valence-electron chi connectivity index (χ2n) is 5.48. The summed E-state index contributed by atoms with van der Waals surface area (Å²) in [5.41, 5.74) is 5.29. The summed E-state index contributed by atoms with van der Waals surface area (Å²) in [4.78, 5) is 11.7. The molecule has 0 unspecified atom stereocenters. The van der Waals surface area contributed by atoms with Gasteiger partial charge in [-0.3, -0.25) is 9.67 Å². The van der Waals surface area contributed by atoms with Crippen molar-refractivity contribution in [3.63, 3.8) is 0 Å². The van der Waals surface area contributed by atoms with Crippen LogP contribution in [0.3, 0.4) is 0 Å². The molecule has 6 heteroatoms. The fourth-order valence-electron chi connectivity index (χ4n) is 2.83. The molecule has 0 spiro atoms. The van der Waals surface area contributed by atoms with E-state index in [0.29, 0.717) is 5.69 Å². The predicted molar refractivity (Wildman–Crippen MR) is 86.2 cm³/mol. The zero-order valence-corrected chi connectivity index (χ0v) is 12.7. The highest BCUT2D eigenvalue weighted by Crippen LogP contribution is 2.35. The summed E-state index contributed by atoms with van der Waals surface area (Å²) < 4.78 is 14.9. The van der Waals surface area contributed by atoms with Crippen molar-refractivity contribution in [3.05, 3.63) is 54.4 Å². The number of aryl methyl sites for hydroxylation is 2. The number of nitrogens with zero attached hydrogens (tertiary/aromatic N) is 4. The van der Waals surface area contributed by atoms with Crippen molar-refractivity contribution in [3.8, 4) is 22.5 Å². The van der Waals surface area contributed by atoms with Crippen molar-refractivity contribution in [2.75, 3.05) is 0 Å². The molecule has 0 saturated heterocycles. The third-order valence-corrected chi connectivity index (χ3v) is 3.86. The lowest BCUT2D eigenvalue weighted by Gasteiger charge is -2.05. The molecular weight excluding hydrogens is 293 g/mol. The fourth-order valence-corrected chi connectivity index (χ4v) is 2.83. The molecule has 0 aromatic carbocycles. The summed E-state index contributed by atoms with van der Waals surface area (Å²) in [7, 11) is 1.86. The van der Waals surface area contributed by atoms with Crippen LogP contribution in [0.1, 0.15) is 5.56 Å². The molecule has 0 aliphatic carbocycles. The minimum atomic E-state index is -0.362. The first-order valence-corrected chi connectivity index (χ1v) is 7.22. The van der Waals surface area contributed by atoms with E-state index >= 15 is 0 Å². The zero-order valence-electron chi connectivity index (χ0n) is 12.7. The first-order valence-electron chi connectivity index (χ1n) is 7.22. The largest absolute Gasteiger partial charge is 0.346 e. The Morgan fingerprint density at radius 2 is 2.00 bits per heavy atom. The maximum atomic E-state index is 13.2. The van der Waals surface area contributed by atoms with Gasteiger partial charge < -0.3 is 4.98 Å². The number of pyridine rings is 2. The van der Waals surface area contributed by atoms with Crippen molar-refractivity contribution >= 4 is 11.0 Å². The average Bonchev–Trinajstić information content (AvgIpc) is 3.12. The van der Waals surface area contributed by atoms with E-state index in [0.717, 1.165) is 33.4 Å². The quantitative estimate of drug-likeness (QED) is 0.617. The van der Waals surface area contributed by atoms with Gasteiger partial charge in [0.25, 0.3) is 0 Å². The van der Waals surface area contributed by atoms with Crippen molar-refractivity contribution in [2.24, 2.45) is 7.05 Å². The minimum Gasteiger partial charge on any atom is -0.346 e. The number of halogens is 1. The Kier molecular flexibility index (Phi) is 2.97. The standard InChI is InChI=1S/C17H14FN5/c1-10-7-21-17-15(10)12(5-6-19-17)13-9-23(2)22-16(13)14-4-3-11(18)8-20-14/h3-9H,1-2H3,(H,19,21). The van der Waals surface area contributed by atoms with Gasteiger partial charge in [0.2, 0.25) is 0 Å². The van der Waals surface area contributed by atoms with Gasteiger partial charge >= 0.3 is 0 Å². The SMILES string of the molecule is Cc1c[nH]c2nccc(-c3cn(C)nc3-c3ccc(F)cn3)c12. The number of nitrogens with one attached hydrogen (secondary N) is 1. The van der Waals surface area contributed by atoms with Crippen LogP contribution in [-0.2, 0) is 7.05 Å². The van der Waals surface area contributed by atoms with Gasteiger partial charge in [-0.05, 0) is 36.2 Å². The van der Waals surface area contributed by atoms with Gasteiger partial charge in [0, 0.05) is 36.6 Å². The Balaban J connectivity index is 1.99. The molecular formula is C17H14FN5. The van der Waals surface area contributed by atoms with Crippen LogP contribution in [-0.4, -0.2) is 24.7 Å². The topological polar surface area (TPSA) is 59.4 Å². The summed E-state index contributed by atoms with van der Waals surface area (Å²) in [6, 6.07) is 5.00. The molecule has 0 amide bonds. The van der Waals surface area contributed by atoms with Gasteiger partial charge in [0.15, 0.2) is 0 Å². The lowest BCUT2D eigenvalue weighted by Crippen LogP contribution is -1.90. The van der Waals surface area contributed by atoms with Crippen molar-refractivity contribution < 1.29 is 4.39 Å². The van der Waals surface area contributed by atoms with Crippen LogP contribution < -0.4 is 0 Å². The Morgan fingerprint density at radius 1 is 1.13 bits per heavy atom. The molecule has 1 N–H and O–H groups in total. The second kappa shape index (κ2) is 5.01. The van der Waals surface area contributed by atoms with Gasteiger partial charge in [0.1, 0.15) is 17.2 Å². The highest BCUT2D eigenvalue weighted by Gasteiger charge is 2.17. The van der Waals surface area contributed by atoms with Crippen LogP contribution in [0.25, 0.3) is 33.5 Å². The van der Waals surface area contributed by atoms with E-state index in [-0.39, 0.29) is 5.82 Å². The van der Waals surface area contributed by atoms with Crippen LogP contribution in [0.15, 0.2) is 43.0 Å². The molecule has 23 heavy (non-hydrogen) atoms. The Labute approximate surface area is 131 Å². The molecule has 0 radical (unpaired) electrons. The van der Waals surface area contributed by atoms with Crippen molar-refractivity contribution in [1.29, 1.82) is 0 Å². The highest BCUT2D eigenvalue weighted by atomic mass is 19.1. The lowest BCUT2D eigenvalue weighted by atomic mass is 10.0. The monoisotopic (exact) mass is 307 g/mol. The van der Waals surface area contributed by atoms with Gasteiger partial charge in [-0.15, -0.1) is 0 Å². The summed E-state index contributed by atoms with van der Waals surface area (Å²) in [5, 5.41) is 5.57. The van der Waals surface area contributed by atoms with Crippen LogP contribution >= 0.6 is 0 Å². The maximum absolute atomic E-state index is 13.2. The summed E-state index contributed by atoms with van der Waals surface area (Å²) in [6.45, 7) is 2.04. The summed E-state index contributed by atoms with van der Waals surface area (Å²) >= 11 is 0. The van der Waals surface area contributed by atoms with E-state index in [9.17, 15) is 4.39 Å². The first kappa shape index (κ1) is 13.6. The molecule has 5 nitrogen and oxygen atoms in total. The third-order valence-electron chi connectivity index (χ3n) is 3.86.